The van der Waals surface area contributed by atoms with Crippen LogP contribution in [0.25, 0.3) is 11.4 Å². The normalized spacial score (nSPS) is 13.3. The highest BCUT2D eigenvalue weighted by Gasteiger charge is 2.33. The molecule has 3 aromatic carbocycles. The number of nitrogens with two attached hydrogens (primary N) is 1. The Bertz CT molecular complexity index is 2050. The molecule has 51 heavy (non-hydrogen) atoms. The number of rotatable bonds is 14. The molecule has 2 amide bonds. The number of carbonyl (C=O) groups is 2. The van der Waals surface area contributed by atoms with E-state index in [-0.39, 0.29) is 54.0 Å². The first-order valence-corrected chi connectivity index (χ1v) is 16.3. The van der Waals surface area contributed by atoms with E-state index in [4.69, 9.17) is 24.7 Å². The van der Waals surface area contributed by atoms with Gasteiger partial charge in [0, 0.05) is 38.1 Å². The number of hydrogen-bond donors (Lipinski definition) is 3. The number of benzene rings is 3. The Morgan fingerprint density at radius 2 is 1.86 bits per heavy atom. The summed E-state index contributed by atoms with van der Waals surface area (Å²) < 4.78 is 24.7. The maximum absolute atomic E-state index is 13.2. The molecule has 4 N–H and O–H groups in total. The lowest BCUT2D eigenvalue weighted by atomic mass is 10.1. The first kappa shape index (κ1) is 34.4. The number of nitrogens with one attached hydrogen (secondary N) is 2. The molecular weight excluding hydrogens is 652 g/mol. The lowest BCUT2D eigenvalue weighted by Crippen LogP contribution is -2.37. The van der Waals surface area contributed by atoms with E-state index >= 15 is 0 Å². The van der Waals surface area contributed by atoms with E-state index in [1.165, 1.54) is 11.0 Å². The number of ether oxygens (including phenoxy) is 4. The number of amides is 2. The summed E-state index contributed by atoms with van der Waals surface area (Å²) in [6.45, 7) is 0.728. The molecule has 0 saturated carbocycles. The molecule has 0 radical (unpaired) electrons. The molecule has 0 fully saturated rings. The Kier molecular flexibility index (Phi) is 10.7. The van der Waals surface area contributed by atoms with Crippen LogP contribution in [0.5, 0.6) is 35.0 Å². The zero-order valence-electron chi connectivity index (χ0n) is 28.1. The van der Waals surface area contributed by atoms with Crippen molar-refractivity contribution in [3.63, 3.8) is 0 Å². The summed E-state index contributed by atoms with van der Waals surface area (Å²) in [5.41, 5.74) is 8.34. The third kappa shape index (κ3) is 8.59. The van der Waals surface area contributed by atoms with Gasteiger partial charge >= 0.3 is 6.01 Å². The van der Waals surface area contributed by atoms with Crippen LogP contribution in [0.1, 0.15) is 36.0 Å². The Morgan fingerprint density at radius 3 is 2.61 bits per heavy atom. The SMILES string of the molecule is CN(C)C(=O)Cc1cc(Oc2nc(Oc3cc(C#N)ccc3OCc3ccccc3)nc3c2NC(=O)C(CCCCN)O3)cc(-c2ncc[nH]2)c1. The number of carbonyl (C=O) groups excluding carboxylic acids is 2. The second-order valence-corrected chi connectivity index (χ2v) is 11.9. The molecule has 1 unspecified atom stereocenters. The Balaban J connectivity index is 1.38. The van der Waals surface area contributed by atoms with Gasteiger partial charge < -0.3 is 39.9 Å². The minimum atomic E-state index is -0.836. The molecule has 0 saturated heterocycles. The van der Waals surface area contributed by atoms with Crippen LogP contribution in [-0.2, 0) is 22.6 Å². The molecule has 260 valence electrons. The lowest BCUT2D eigenvalue weighted by molar-refractivity contribution is -0.128. The topological polar surface area (TPSA) is 191 Å². The van der Waals surface area contributed by atoms with Crippen LogP contribution in [0, 0.1) is 11.3 Å². The maximum atomic E-state index is 13.2. The summed E-state index contributed by atoms with van der Waals surface area (Å²) in [5.74, 6) is 0.839. The molecule has 5 aromatic rings. The minimum absolute atomic E-state index is 0.0285. The van der Waals surface area contributed by atoms with Crippen molar-refractivity contribution in [1.82, 2.24) is 24.8 Å². The van der Waals surface area contributed by atoms with Crippen LogP contribution in [0.2, 0.25) is 0 Å². The van der Waals surface area contributed by atoms with Crippen LogP contribution >= 0.6 is 0 Å². The monoisotopic (exact) mass is 688 g/mol. The van der Waals surface area contributed by atoms with Crippen molar-refractivity contribution in [3.8, 4) is 52.5 Å². The van der Waals surface area contributed by atoms with Gasteiger partial charge in [0.05, 0.1) is 18.1 Å². The molecule has 6 rings (SSSR count). The number of hydrogen-bond acceptors (Lipinski definition) is 11. The Labute approximate surface area is 294 Å². The second-order valence-electron chi connectivity index (χ2n) is 11.9. The van der Waals surface area contributed by atoms with Gasteiger partial charge in [-0.1, -0.05) is 30.3 Å². The fourth-order valence-electron chi connectivity index (χ4n) is 5.21. The zero-order chi connectivity index (χ0) is 35.7. The van der Waals surface area contributed by atoms with Crippen molar-refractivity contribution in [1.29, 1.82) is 5.26 Å². The molecule has 14 nitrogen and oxygen atoms in total. The number of nitriles is 1. The van der Waals surface area contributed by atoms with Gasteiger partial charge in [-0.2, -0.15) is 15.2 Å². The average molecular weight is 689 g/mol. The van der Waals surface area contributed by atoms with Crippen LogP contribution in [0.15, 0.2) is 79.1 Å². The predicted octanol–water partition coefficient (Wildman–Crippen LogP) is 5.36. The van der Waals surface area contributed by atoms with Gasteiger partial charge in [-0.15, -0.1) is 0 Å². The van der Waals surface area contributed by atoms with Crippen molar-refractivity contribution in [2.45, 2.75) is 38.4 Å². The quantitative estimate of drug-likeness (QED) is 0.127. The van der Waals surface area contributed by atoms with E-state index < -0.39 is 6.10 Å². The predicted molar refractivity (Wildman–Crippen MR) is 186 cm³/mol. The van der Waals surface area contributed by atoms with Gasteiger partial charge in [0.2, 0.25) is 11.8 Å². The van der Waals surface area contributed by atoms with Crippen molar-refractivity contribution in [2.75, 3.05) is 26.0 Å². The molecular formula is C37H36N8O6. The third-order valence-electron chi connectivity index (χ3n) is 7.85. The van der Waals surface area contributed by atoms with E-state index in [0.29, 0.717) is 53.4 Å². The number of likely N-dealkylation sites (N-methyl/N-ethyl adjacent to an activating group) is 1. The summed E-state index contributed by atoms with van der Waals surface area (Å²) >= 11 is 0. The number of unbranched alkanes of at least 4 members (excludes halogenated alkanes) is 1. The summed E-state index contributed by atoms with van der Waals surface area (Å²) in [6, 6.07) is 21.5. The minimum Gasteiger partial charge on any atom is -0.485 e. The second kappa shape index (κ2) is 15.8. The van der Waals surface area contributed by atoms with Crippen molar-refractivity contribution in [3.05, 3.63) is 95.8 Å². The number of H-pyrrole nitrogens is 1. The van der Waals surface area contributed by atoms with Crippen molar-refractivity contribution >= 4 is 17.5 Å². The highest BCUT2D eigenvalue weighted by molar-refractivity contribution is 5.98. The number of aromatic nitrogens is 4. The lowest BCUT2D eigenvalue weighted by Gasteiger charge is -2.26. The first-order chi connectivity index (χ1) is 24.8. The van der Waals surface area contributed by atoms with Gasteiger partial charge in [-0.25, -0.2) is 4.98 Å². The molecule has 2 aromatic heterocycles. The van der Waals surface area contributed by atoms with Gasteiger partial charge in [-0.3, -0.25) is 9.59 Å². The summed E-state index contributed by atoms with van der Waals surface area (Å²) in [6.07, 6.45) is 4.37. The summed E-state index contributed by atoms with van der Waals surface area (Å²) in [5, 5.41) is 12.5. The fraction of sp³-hybridized carbons (Fsp3) is 0.243. The average Bonchev–Trinajstić information content (AvgIpc) is 3.68. The maximum Gasteiger partial charge on any atom is 0.328 e. The van der Waals surface area contributed by atoms with Gasteiger partial charge in [0.15, 0.2) is 23.3 Å². The van der Waals surface area contributed by atoms with Crippen LogP contribution in [0.4, 0.5) is 5.69 Å². The molecule has 0 aliphatic carbocycles. The smallest absolute Gasteiger partial charge is 0.328 e. The molecule has 0 spiro atoms. The van der Waals surface area contributed by atoms with E-state index in [2.05, 4.69) is 31.3 Å². The van der Waals surface area contributed by atoms with E-state index in [1.807, 2.05) is 36.4 Å². The van der Waals surface area contributed by atoms with Crippen molar-refractivity contribution < 1.29 is 28.5 Å². The number of anilines is 1. The number of imidazole rings is 1. The Morgan fingerprint density at radius 1 is 1.02 bits per heavy atom. The summed E-state index contributed by atoms with van der Waals surface area (Å²) in [4.78, 5) is 43.8. The van der Waals surface area contributed by atoms with E-state index in [9.17, 15) is 14.9 Å². The van der Waals surface area contributed by atoms with Crippen LogP contribution in [0.3, 0.4) is 0 Å². The highest BCUT2D eigenvalue weighted by atomic mass is 16.5. The van der Waals surface area contributed by atoms with Crippen molar-refractivity contribution in [2.24, 2.45) is 5.73 Å². The van der Waals surface area contributed by atoms with E-state index in [0.717, 1.165) is 12.0 Å². The van der Waals surface area contributed by atoms with Crippen LogP contribution in [-0.4, -0.2) is 63.4 Å². The molecule has 1 aliphatic heterocycles. The molecule has 0 bridgehead atoms. The molecule has 1 atom stereocenters. The number of nitrogens with zero attached hydrogens (tertiary/aromatic N) is 5. The summed E-state index contributed by atoms with van der Waals surface area (Å²) in [7, 11) is 3.36. The molecule has 14 heteroatoms. The fourth-order valence-corrected chi connectivity index (χ4v) is 5.21. The van der Waals surface area contributed by atoms with Gasteiger partial charge in [-0.05, 0) is 67.3 Å². The van der Waals surface area contributed by atoms with Gasteiger partial charge in [0.1, 0.15) is 18.2 Å². The largest absolute Gasteiger partial charge is 0.485 e. The molecule has 3 heterocycles. The zero-order valence-corrected chi connectivity index (χ0v) is 28.1. The third-order valence-corrected chi connectivity index (χ3v) is 7.85. The van der Waals surface area contributed by atoms with E-state index in [1.54, 1.807) is 50.8 Å². The number of fused-ring (bicyclic) bond motifs is 1. The number of aromatic amines is 1. The standard InChI is InChI=1S/C37H36N8O6/c1-45(2)31(46)19-25-16-26(33-40-14-15-41-33)20-27(17-25)49-35-32-36(50-29(34(47)42-32)10-6-7-13-38)44-37(43-35)51-30-18-24(21-39)11-12-28(30)48-22-23-8-4-3-5-9-23/h3-5,8-9,11-12,14-18,20,29H,6-7,10,13,19,22,38H2,1-2H3,(H,40,41)(H,42,47). The van der Waals surface area contributed by atoms with Gasteiger partial charge in [0.25, 0.3) is 11.8 Å². The Hall–Kier alpha value is -6.46. The first-order valence-electron chi connectivity index (χ1n) is 16.3. The van der Waals surface area contributed by atoms with Crippen LogP contribution < -0.4 is 30.0 Å². The highest BCUT2D eigenvalue weighted by Crippen LogP contribution is 2.42. The molecule has 1 aliphatic rings.